The molecule has 1 amide bonds. The summed E-state index contributed by atoms with van der Waals surface area (Å²) in [6.45, 7) is 4.53. The Balaban J connectivity index is 1.81. The van der Waals surface area contributed by atoms with Crippen LogP contribution < -0.4 is 0 Å². The zero-order chi connectivity index (χ0) is 17.3. The molecule has 1 saturated heterocycles. The topological polar surface area (TPSA) is 84.1 Å². The maximum absolute atomic E-state index is 13.3. The van der Waals surface area contributed by atoms with E-state index in [0.717, 1.165) is 12.3 Å². The van der Waals surface area contributed by atoms with E-state index < -0.39 is 11.4 Å². The molecule has 0 bridgehead atoms. The first-order valence-electron chi connectivity index (χ1n) is 7.93. The minimum Gasteiger partial charge on any atom is -0.382 e. The van der Waals surface area contributed by atoms with Gasteiger partial charge in [-0.05, 0) is 32.8 Å². The Morgan fingerprint density at radius 2 is 2.21 bits per heavy atom. The van der Waals surface area contributed by atoms with Crippen LogP contribution in [0.25, 0.3) is 0 Å². The Bertz CT molecular complexity index is 748. The zero-order valence-corrected chi connectivity index (χ0v) is 13.7. The molecule has 1 aliphatic rings. The Kier molecular flexibility index (Phi) is 4.31. The first-order valence-corrected chi connectivity index (χ1v) is 7.93. The molecule has 8 heteroatoms. The van der Waals surface area contributed by atoms with Gasteiger partial charge in [0.1, 0.15) is 17.1 Å². The quantitative estimate of drug-likeness (QED) is 0.920. The normalized spacial score (nSPS) is 21.3. The standard InChI is InChI=1S/C16H20FN5O2/c1-11(2)22-9-14(19-20-22)16(24)4-3-5-21(10-16)15(23)12-6-13(17)8-18-7-12/h6-9,11,24H,3-5,10H2,1-2H3. The minimum atomic E-state index is -1.25. The summed E-state index contributed by atoms with van der Waals surface area (Å²) in [4.78, 5) is 17.8. The molecule has 3 heterocycles. The Hall–Kier alpha value is -2.35. The lowest BCUT2D eigenvalue weighted by atomic mass is 9.89. The van der Waals surface area contributed by atoms with E-state index in [0.29, 0.717) is 25.1 Å². The van der Waals surface area contributed by atoms with E-state index in [-0.39, 0.29) is 24.1 Å². The number of rotatable bonds is 3. The van der Waals surface area contributed by atoms with Crippen molar-refractivity contribution in [1.82, 2.24) is 24.9 Å². The lowest BCUT2D eigenvalue weighted by Gasteiger charge is -2.38. The summed E-state index contributed by atoms with van der Waals surface area (Å²) in [5, 5.41) is 19.0. The SMILES string of the molecule is CC(C)n1cc(C2(O)CCCN(C(=O)c3cncc(F)c3)C2)nn1. The number of hydrogen-bond donors (Lipinski definition) is 1. The molecule has 1 aliphatic heterocycles. The van der Waals surface area contributed by atoms with Crippen molar-refractivity contribution in [3.63, 3.8) is 0 Å². The highest BCUT2D eigenvalue weighted by molar-refractivity contribution is 5.94. The van der Waals surface area contributed by atoms with E-state index >= 15 is 0 Å². The number of carbonyl (C=O) groups excluding carboxylic acids is 1. The Morgan fingerprint density at radius 3 is 2.88 bits per heavy atom. The fraction of sp³-hybridized carbons (Fsp3) is 0.500. The molecule has 0 spiro atoms. The van der Waals surface area contributed by atoms with Gasteiger partial charge < -0.3 is 10.0 Å². The van der Waals surface area contributed by atoms with Crippen LogP contribution in [0.3, 0.4) is 0 Å². The van der Waals surface area contributed by atoms with Gasteiger partial charge in [0.15, 0.2) is 0 Å². The Morgan fingerprint density at radius 1 is 1.42 bits per heavy atom. The molecule has 1 N–H and O–H groups in total. The lowest BCUT2D eigenvalue weighted by Crippen LogP contribution is -2.48. The van der Waals surface area contributed by atoms with Crippen LogP contribution >= 0.6 is 0 Å². The summed E-state index contributed by atoms with van der Waals surface area (Å²) < 4.78 is 15.0. The zero-order valence-electron chi connectivity index (χ0n) is 13.7. The lowest BCUT2D eigenvalue weighted by molar-refractivity contribution is -0.0320. The molecule has 128 valence electrons. The summed E-state index contributed by atoms with van der Waals surface area (Å²) in [5.74, 6) is -0.913. The minimum absolute atomic E-state index is 0.0964. The van der Waals surface area contributed by atoms with Crippen molar-refractivity contribution < 1.29 is 14.3 Å². The van der Waals surface area contributed by atoms with Crippen molar-refractivity contribution >= 4 is 5.91 Å². The highest BCUT2D eigenvalue weighted by Crippen LogP contribution is 2.31. The monoisotopic (exact) mass is 333 g/mol. The number of halogens is 1. The summed E-state index contributed by atoms with van der Waals surface area (Å²) in [7, 11) is 0. The van der Waals surface area contributed by atoms with Gasteiger partial charge in [-0.25, -0.2) is 9.07 Å². The fourth-order valence-electron chi connectivity index (χ4n) is 2.87. The van der Waals surface area contributed by atoms with Crippen LogP contribution in [-0.2, 0) is 5.60 Å². The molecule has 1 fully saturated rings. The number of aliphatic hydroxyl groups is 1. The maximum atomic E-state index is 13.3. The fourth-order valence-corrected chi connectivity index (χ4v) is 2.87. The summed E-state index contributed by atoms with van der Waals surface area (Å²) in [5.41, 5.74) is -0.627. The molecular weight excluding hydrogens is 313 g/mol. The number of piperidine rings is 1. The van der Waals surface area contributed by atoms with E-state index in [2.05, 4.69) is 15.3 Å². The van der Waals surface area contributed by atoms with Crippen LogP contribution in [0.15, 0.2) is 24.7 Å². The Labute approximate surface area is 139 Å². The van der Waals surface area contributed by atoms with Gasteiger partial charge in [-0.1, -0.05) is 5.21 Å². The molecular formula is C16H20FN5O2. The molecule has 0 radical (unpaired) electrons. The van der Waals surface area contributed by atoms with Crippen LogP contribution in [0, 0.1) is 5.82 Å². The number of nitrogens with zero attached hydrogens (tertiary/aromatic N) is 5. The molecule has 1 atom stereocenters. The van der Waals surface area contributed by atoms with Crippen molar-refractivity contribution in [3.05, 3.63) is 41.7 Å². The van der Waals surface area contributed by atoms with Gasteiger partial charge in [-0.3, -0.25) is 9.78 Å². The van der Waals surface area contributed by atoms with Crippen LogP contribution in [0.4, 0.5) is 4.39 Å². The molecule has 2 aromatic rings. The molecule has 24 heavy (non-hydrogen) atoms. The number of carbonyl (C=O) groups is 1. The van der Waals surface area contributed by atoms with E-state index in [1.165, 1.54) is 11.1 Å². The van der Waals surface area contributed by atoms with Crippen molar-refractivity contribution in [2.24, 2.45) is 0 Å². The number of hydrogen-bond acceptors (Lipinski definition) is 5. The van der Waals surface area contributed by atoms with E-state index in [1.54, 1.807) is 10.9 Å². The summed E-state index contributed by atoms with van der Waals surface area (Å²) in [6, 6.07) is 1.28. The average Bonchev–Trinajstić information content (AvgIpc) is 3.05. The number of amides is 1. The van der Waals surface area contributed by atoms with Gasteiger partial charge in [-0.15, -0.1) is 5.10 Å². The number of β-amino-alcohol motifs (C(OH)–C–C–N with tert-alkyl or cyclic N) is 1. The third kappa shape index (κ3) is 3.14. The highest BCUT2D eigenvalue weighted by Gasteiger charge is 2.39. The molecule has 0 aromatic carbocycles. The largest absolute Gasteiger partial charge is 0.382 e. The van der Waals surface area contributed by atoms with E-state index in [9.17, 15) is 14.3 Å². The van der Waals surface area contributed by atoms with Gasteiger partial charge in [0, 0.05) is 18.8 Å². The van der Waals surface area contributed by atoms with Crippen LogP contribution in [0.1, 0.15) is 48.8 Å². The van der Waals surface area contributed by atoms with Gasteiger partial charge in [0.2, 0.25) is 0 Å². The first-order chi connectivity index (χ1) is 11.4. The number of pyridine rings is 1. The molecule has 1 unspecified atom stereocenters. The predicted molar refractivity (Wildman–Crippen MR) is 83.6 cm³/mol. The van der Waals surface area contributed by atoms with Crippen molar-refractivity contribution in [3.8, 4) is 0 Å². The van der Waals surface area contributed by atoms with Crippen LogP contribution in [0.2, 0.25) is 0 Å². The van der Waals surface area contributed by atoms with Gasteiger partial charge in [-0.2, -0.15) is 0 Å². The van der Waals surface area contributed by atoms with E-state index in [4.69, 9.17) is 0 Å². The summed E-state index contributed by atoms with van der Waals surface area (Å²) >= 11 is 0. The van der Waals surface area contributed by atoms with Gasteiger partial charge in [0.25, 0.3) is 5.91 Å². The maximum Gasteiger partial charge on any atom is 0.255 e. The smallest absolute Gasteiger partial charge is 0.255 e. The second-order valence-corrected chi connectivity index (χ2v) is 6.43. The number of likely N-dealkylation sites (tertiary alicyclic amines) is 1. The van der Waals surface area contributed by atoms with Gasteiger partial charge >= 0.3 is 0 Å². The first kappa shape index (κ1) is 16.5. The highest BCUT2D eigenvalue weighted by atomic mass is 19.1. The second-order valence-electron chi connectivity index (χ2n) is 6.43. The van der Waals surface area contributed by atoms with Crippen LogP contribution in [-0.4, -0.2) is 49.0 Å². The number of aromatic nitrogens is 4. The second kappa shape index (κ2) is 6.27. The van der Waals surface area contributed by atoms with Crippen molar-refractivity contribution in [1.29, 1.82) is 0 Å². The van der Waals surface area contributed by atoms with E-state index in [1.807, 2.05) is 13.8 Å². The average molecular weight is 333 g/mol. The molecule has 3 rings (SSSR count). The molecule has 7 nitrogen and oxygen atoms in total. The third-order valence-electron chi connectivity index (χ3n) is 4.23. The third-order valence-corrected chi connectivity index (χ3v) is 4.23. The van der Waals surface area contributed by atoms with Crippen molar-refractivity contribution in [2.45, 2.75) is 38.3 Å². The predicted octanol–water partition coefficient (Wildman–Crippen LogP) is 1.52. The van der Waals surface area contributed by atoms with Crippen molar-refractivity contribution in [2.75, 3.05) is 13.1 Å². The molecule has 0 saturated carbocycles. The molecule has 2 aromatic heterocycles. The van der Waals surface area contributed by atoms with Gasteiger partial charge in [0.05, 0.1) is 24.5 Å². The van der Waals surface area contributed by atoms with Crippen LogP contribution in [0.5, 0.6) is 0 Å². The summed E-state index contributed by atoms with van der Waals surface area (Å²) in [6.07, 6.45) is 5.21. The molecule has 0 aliphatic carbocycles.